The third-order valence-corrected chi connectivity index (χ3v) is 4.85. The Bertz CT molecular complexity index is 940. The molecule has 1 heterocycles. The number of nitrogens with one attached hydrogen (secondary N) is 2. The molecule has 1 saturated heterocycles. The van der Waals surface area contributed by atoms with Gasteiger partial charge in [-0.15, -0.1) is 6.58 Å². The number of nitrogens with zero attached hydrogens (tertiary/aromatic N) is 1. The predicted molar refractivity (Wildman–Crippen MR) is 115 cm³/mol. The molecule has 0 radical (unpaired) electrons. The Balaban J connectivity index is 1.53. The van der Waals surface area contributed by atoms with Gasteiger partial charge in [-0.3, -0.25) is 14.4 Å². The van der Waals surface area contributed by atoms with Crippen molar-refractivity contribution in [3.05, 3.63) is 66.7 Å². The molecule has 1 atom stereocenters. The molecule has 7 heteroatoms. The minimum atomic E-state index is -0.376. The second kappa shape index (κ2) is 9.73. The van der Waals surface area contributed by atoms with E-state index in [-0.39, 0.29) is 36.7 Å². The van der Waals surface area contributed by atoms with E-state index in [9.17, 15) is 14.4 Å². The molecule has 1 fully saturated rings. The van der Waals surface area contributed by atoms with Crippen LogP contribution < -0.4 is 20.3 Å². The normalized spacial score (nSPS) is 15.6. The Morgan fingerprint density at radius 2 is 1.93 bits per heavy atom. The van der Waals surface area contributed by atoms with Crippen LogP contribution >= 0.6 is 0 Å². The molecule has 0 aromatic heterocycles. The van der Waals surface area contributed by atoms with Crippen molar-refractivity contribution in [2.75, 3.05) is 29.9 Å². The van der Waals surface area contributed by atoms with E-state index in [4.69, 9.17) is 4.74 Å². The number of rotatable bonds is 8. The number of amides is 3. The molecule has 1 aliphatic rings. The molecule has 0 aliphatic carbocycles. The number of anilines is 2. The number of hydrogen-bond donors (Lipinski definition) is 2. The fraction of sp³-hybridized carbons (Fsp3) is 0.261. The van der Waals surface area contributed by atoms with Crippen LogP contribution in [0.4, 0.5) is 11.4 Å². The quantitative estimate of drug-likeness (QED) is 0.659. The molecule has 7 nitrogen and oxygen atoms in total. The van der Waals surface area contributed by atoms with Crippen molar-refractivity contribution in [1.82, 2.24) is 5.32 Å². The first-order valence-corrected chi connectivity index (χ1v) is 9.75. The summed E-state index contributed by atoms with van der Waals surface area (Å²) in [5, 5.41) is 5.54. The minimum absolute atomic E-state index is 0.0972. The van der Waals surface area contributed by atoms with Crippen LogP contribution in [0.5, 0.6) is 5.75 Å². The van der Waals surface area contributed by atoms with Crippen molar-refractivity contribution in [1.29, 1.82) is 0 Å². The molecule has 30 heavy (non-hydrogen) atoms. The topological polar surface area (TPSA) is 87.7 Å². The Kier molecular flexibility index (Phi) is 6.85. The molecule has 0 saturated carbocycles. The van der Waals surface area contributed by atoms with Crippen LogP contribution in [0, 0.1) is 12.8 Å². The van der Waals surface area contributed by atoms with E-state index >= 15 is 0 Å². The van der Waals surface area contributed by atoms with Crippen LogP contribution in [0.2, 0.25) is 0 Å². The molecule has 2 N–H and O–H groups in total. The number of benzene rings is 2. The van der Waals surface area contributed by atoms with Gasteiger partial charge in [0.05, 0.1) is 5.92 Å². The van der Waals surface area contributed by atoms with Gasteiger partial charge in [0.1, 0.15) is 5.75 Å². The number of carbonyl (C=O) groups excluding carboxylic acids is 3. The lowest BCUT2D eigenvalue weighted by molar-refractivity contribution is -0.126. The van der Waals surface area contributed by atoms with Crippen molar-refractivity contribution in [3.8, 4) is 5.75 Å². The monoisotopic (exact) mass is 407 g/mol. The average Bonchev–Trinajstić information content (AvgIpc) is 3.14. The summed E-state index contributed by atoms with van der Waals surface area (Å²) in [5.41, 5.74) is 2.42. The van der Waals surface area contributed by atoms with Gasteiger partial charge in [-0.2, -0.15) is 0 Å². The summed E-state index contributed by atoms with van der Waals surface area (Å²) in [6.07, 6.45) is 1.78. The zero-order chi connectivity index (χ0) is 21.5. The lowest BCUT2D eigenvalue weighted by Crippen LogP contribution is -2.32. The third-order valence-electron chi connectivity index (χ3n) is 4.85. The molecule has 1 aliphatic heterocycles. The maximum atomic E-state index is 12.3. The van der Waals surface area contributed by atoms with E-state index in [0.717, 1.165) is 11.3 Å². The van der Waals surface area contributed by atoms with Gasteiger partial charge < -0.3 is 20.3 Å². The van der Waals surface area contributed by atoms with Crippen molar-refractivity contribution in [2.24, 2.45) is 5.92 Å². The summed E-state index contributed by atoms with van der Waals surface area (Å²) in [6, 6.07) is 14.4. The first-order valence-electron chi connectivity index (χ1n) is 9.75. The van der Waals surface area contributed by atoms with Crippen molar-refractivity contribution < 1.29 is 19.1 Å². The molecule has 2 aromatic carbocycles. The predicted octanol–water partition coefficient (Wildman–Crippen LogP) is 2.67. The maximum Gasteiger partial charge on any atom is 0.262 e. The van der Waals surface area contributed by atoms with Crippen LogP contribution in [0.15, 0.2) is 61.2 Å². The Labute approximate surface area is 175 Å². The van der Waals surface area contributed by atoms with E-state index in [0.29, 0.717) is 24.5 Å². The van der Waals surface area contributed by atoms with Crippen LogP contribution in [0.1, 0.15) is 12.0 Å². The fourth-order valence-electron chi connectivity index (χ4n) is 3.22. The number of carbonyl (C=O) groups is 3. The van der Waals surface area contributed by atoms with Crippen molar-refractivity contribution in [2.45, 2.75) is 13.3 Å². The smallest absolute Gasteiger partial charge is 0.262 e. The molecule has 0 bridgehead atoms. The largest absolute Gasteiger partial charge is 0.484 e. The van der Waals surface area contributed by atoms with Crippen LogP contribution in [0.3, 0.4) is 0 Å². The number of ether oxygens (including phenoxy) is 1. The van der Waals surface area contributed by atoms with Crippen molar-refractivity contribution >= 4 is 29.1 Å². The van der Waals surface area contributed by atoms with Gasteiger partial charge in [0.15, 0.2) is 6.61 Å². The van der Waals surface area contributed by atoms with E-state index in [1.165, 1.54) is 0 Å². The number of aryl methyl sites for hydroxylation is 1. The molecule has 0 spiro atoms. The average molecular weight is 407 g/mol. The van der Waals surface area contributed by atoms with Crippen molar-refractivity contribution in [3.63, 3.8) is 0 Å². The fourth-order valence-corrected chi connectivity index (χ4v) is 3.22. The molecule has 0 unspecified atom stereocenters. The summed E-state index contributed by atoms with van der Waals surface area (Å²) in [5.74, 6) is -0.356. The maximum absolute atomic E-state index is 12.3. The van der Waals surface area contributed by atoms with Gasteiger partial charge in [0, 0.05) is 30.9 Å². The highest BCUT2D eigenvalue weighted by Gasteiger charge is 2.34. The highest BCUT2D eigenvalue weighted by Crippen LogP contribution is 2.27. The number of hydrogen-bond acceptors (Lipinski definition) is 4. The van der Waals surface area contributed by atoms with Gasteiger partial charge in [-0.25, -0.2) is 0 Å². The Hall–Kier alpha value is -3.61. The van der Waals surface area contributed by atoms with Gasteiger partial charge in [0.25, 0.3) is 5.91 Å². The van der Waals surface area contributed by atoms with Gasteiger partial charge >= 0.3 is 0 Å². The first-order chi connectivity index (χ1) is 14.5. The summed E-state index contributed by atoms with van der Waals surface area (Å²) < 4.78 is 5.54. The molecule has 2 aromatic rings. The van der Waals surface area contributed by atoms with E-state index in [1.807, 2.05) is 31.2 Å². The van der Waals surface area contributed by atoms with Gasteiger partial charge in [0.2, 0.25) is 11.8 Å². The van der Waals surface area contributed by atoms with Crippen LogP contribution in [0.25, 0.3) is 0 Å². The van der Waals surface area contributed by atoms with E-state index in [2.05, 4.69) is 17.2 Å². The Morgan fingerprint density at radius 3 is 2.63 bits per heavy atom. The van der Waals surface area contributed by atoms with E-state index in [1.54, 1.807) is 35.2 Å². The Morgan fingerprint density at radius 1 is 1.20 bits per heavy atom. The molecule has 3 amide bonds. The van der Waals surface area contributed by atoms with E-state index < -0.39 is 0 Å². The summed E-state index contributed by atoms with van der Waals surface area (Å²) >= 11 is 0. The minimum Gasteiger partial charge on any atom is -0.484 e. The van der Waals surface area contributed by atoms with Crippen LogP contribution in [-0.2, 0) is 14.4 Å². The lowest BCUT2D eigenvalue weighted by atomic mass is 10.1. The molecular weight excluding hydrogens is 382 g/mol. The highest BCUT2D eigenvalue weighted by molar-refractivity contribution is 6.00. The van der Waals surface area contributed by atoms with Gasteiger partial charge in [-0.05, 0) is 42.8 Å². The third kappa shape index (κ3) is 5.26. The second-order valence-corrected chi connectivity index (χ2v) is 7.08. The SMILES string of the molecule is C=CCNC(=O)[C@H]1CC(=O)N(c2ccc(OCC(=O)Nc3ccccc3C)cc2)C1. The first kappa shape index (κ1) is 21.1. The molecular formula is C23H25N3O4. The number of para-hydroxylation sites is 1. The zero-order valence-electron chi connectivity index (χ0n) is 16.9. The van der Waals surface area contributed by atoms with Gasteiger partial charge in [-0.1, -0.05) is 24.3 Å². The second-order valence-electron chi connectivity index (χ2n) is 7.08. The zero-order valence-corrected chi connectivity index (χ0v) is 16.9. The summed E-state index contributed by atoms with van der Waals surface area (Å²) in [6.45, 7) is 6.08. The van der Waals surface area contributed by atoms with Crippen LogP contribution in [-0.4, -0.2) is 37.4 Å². The molecule has 3 rings (SSSR count). The molecule has 156 valence electrons. The highest BCUT2D eigenvalue weighted by atomic mass is 16.5. The summed E-state index contributed by atoms with van der Waals surface area (Å²) in [4.78, 5) is 38.1. The standard InChI is InChI=1S/C23H25N3O4/c1-3-12-24-23(29)17-13-22(28)26(14-17)18-8-10-19(11-9-18)30-15-21(27)25-20-7-5-4-6-16(20)2/h3-11,17H,1,12-15H2,2H3,(H,24,29)(H,25,27)/t17-/m0/s1. The summed E-state index contributed by atoms with van der Waals surface area (Å²) in [7, 11) is 0. The lowest BCUT2D eigenvalue weighted by Gasteiger charge is -2.17.